The molecule has 1 fully saturated rings. The number of aliphatic imine (C=N–C) groups is 1. The van der Waals surface area contributed by atoms with Gasteiger partial charge in [-0.05, 0) is 31.7 Å². The molecule has 1 aliphatic heterocycles. The summed E-state index contributed by atoms with van der Waals surface area (Å²) < 4.78 is 4.19. The van der Waals surface area contributed by atoms with E-state index in [-0.39, 0.29) is 0 Å². The molecule has 25 heavy (non-hydrogen) atoms. The molecule has 0 amide bonds. The number of likely N-dealkylation sites (tertiary alicyclic amines) is 1. The molecule has 1 saturated heterocycles. The maximum absolute atomic E-state index is 4.84. The number of hydrogen-bond acceptors (Lipinski definition) is 3. The van der Waals surface area contributed by atoms with Crippen molar-refractivity contribution in [2.24, 2.45) is 10.9 Å². The lowest BCUT2D eigenvalue weighted by molar-refractivity contribution is 0.189. The minimum atomic E-state index is 0.448. The third-order valence-electron chi connectivity index (χ3n) is 4.83. The summed E-state index contributed by atoms with van der Waals surface area (Å²) in [6, 6.07) is 2.41. The van der Waals surface area contributed by atoms with E-state index in [0.29, 0.717) is 12.0 Å². The van der Waals surface area contributed by atoms with Gasteiger partial charge < -0.3 is 14.8 Å². The zero-order chi connectivity index (χ0) is 17.5. The number of piperidine rings is 1. The molecular formula is C18H29N7. The van der Waals surface area contributed by atoms with E-state index in [9.17, 15) is 0 Å². The fraction of sp³-hybridized carbons (Fsp3) is 0.611. The topological polar surface area (TPSA) is 63.3 Å². The van der Waals surface area contributed by atoms with Crippen LogP contribution in [0.4, 0.5) is 0 Å². The number of imidazole rings is 1. The smallest absolute Gasteiger partial charge is 0.193 e. The van der Waals surface area contributed by atoms with E-state index in [0.717, 1.165) is 45.1 Å². The summed E-state index contributed by atoms with van der Waals surface area (Å²) in [5.74, 6) is 1.67. The van der Waals surface area contributed by atoms with Gasteiger partial charge in [0, 0.05) is 57.5 Å². The molecule has 1 N–H and O–H groups in total. The van der Waals surface area contributed by atoms with Crippen LogP contribution in [0.3, 0.4) is 0 Å². The zero-order valence-electron chi connectivity index (χ0n) is 15.3. The molecule has 0 radical (unpaired) electrons. The van der Waals surface area contributed by atoms with Crippen LogP contribution in [0.2, 0.25) is 0 Å². The highest BCUT2D eigenvalue weighted by Gasteiger charge is 2.28. The van der Waals surface area contributed by atoms with E-state index in [2.05, 4.69) is 44.9 Å². The van der Waals surface area contributed by atoms with Crippen molar-refractivity contribution in [3.8, 4) is 0 Å². The third kappa shape index (κ3) is 4.61. The van der Waals surface area contributed by atoms with Crippen LogP contribution in [0.15, 0.2) is 42.2 Å². The second-order valence-corrected chi connectivity index (χ2v) is 6.65. The van der Waals surface area contributed by atoms with E-state index >= 15 is 0 Å². The van der Waals surface area contributed by atoms with Gasteiger partial charge in [-0.1, -0.05) is 6.92 Å². The molecule has 1 aliphatic rings. The molecule has 0 aromatic carbocycles. The van der Waals surface area contributed by atoms with E-state index in [1.54, 1.807) is 0 Å². The third-order valence-corrected chi connectivity index (χ3v) is 4.83. The molecule has 2 aromatic heterocycles. The largest absolute Gasteiger partial charge is 0.357 e. The molecule has 0 bridgehead atoms. The Hall–Kier alpha value is -2.31. The maximum atomic E-state index is 4.84. The zero-order valence-corrected chi connectivity index (χ0v) is 15.3. The minimum absolute atomic E-state index is 0.448. The molecule has 2 aromatic rings. The SMILES string of the molecule is CCNC(=NCCCn1cccn1)N1CCC(C)C(n2ccnc2)C1. The highest BCUT2D eigenvalue weighted by Crippen LogP contribution is 2.27. The van der Waals surface area contributed by atoms with E-state index in [4.69, 9.17) is 4.99 Å². The molecule has 7 nitrogen and oxygen atoms in total. The Bertz CT molecular complexity index is 632. The molecule has 3 heterocycles. The molecule has 7 heteroatoms. The fourth-order valence-electron chi connectivity index (χ4n) is 3.37. The monoisotopic (exact) mass is 343 g/mol. The van der Waals surface area contributed by atoms with Crippen molar-refractivity contribution in [3.05, 3.63) is 37.2 Å². The van der Waals surface area contributed by atoms with Gasteiger partial charge in [-0.3, -0.25) is 9.67 Å². The molecule has 0 aliphatic carbocycles. The average molecular weight is 343 g/mol. The van der Waals surface area contributed by atoms with Gasteiger partial charge in [-0.2, -0.15) is 5.10 Å². The van der Waals surface area contributed by atoms with Crippen molar-refractivity contribution in [3.63, 3.8) is 0 Å². The van der Waals surface area contributed by atoms with Crippen molar-refractivity contribution in [2.75, 3.05) is 26.2 Å². The number of hydrogen-bond donors (Lipinski definition) is 1. The number of nitrogens with one attached hydrogen (secondary N) is 1. The molecule has 0 saturated carbocycles. The Morgan fingerprint density at radius 3 is 2.96 bits per heavy atom. The van der Waals surface area contributed by atoms with Crippen LogP contribution in [0.5, 0.6) is 0 Å². The molecule has 3 rings (SSSR count). The summed E-state index contributed by atoms with van der Waals surface area (Å²) in [6.45, 7) is 9.09. The Morgan fingerprint density at radius 1 is 1.32 bits per heavy atom. The molecule has 0 spiro atoms. The van der Waals surface area contributed by atoms with Gasteiger partial charge in [-0.25, -0.2) is 4.98 Å². The predicted octanol–water partition coefficient (Wildman–Crippen LogP) is 2.02. The van der Waals surface area contributed by atoms with Crippen LogP contribution < -0.4 is 5.32 Å². The van der Waals surface area contributed by atoms with Gasteiger partial charge in [-0.15, -0.1) is 0 Å². The van der Waals surface area contributed by atoms with Crippen LogP contribution in [-0.4, -0.2) is 56.4 Å². The number of aryl methyl sites for hydroxylation is 1. The summed E-state index contributed by atoms with van der Waals surface area (Å²) in [5.41, 5.74) is 0. The van der Waals surface area contributed by atoms with Gasteiger partial charge in [0.1, 0.15) is 0 Å². The number of rotatable bonds is 6. The molecule has 136 valence electrons. The van der Waals surface area contributed by atoms with Gasteiger partial charge in [0.05, 0.1) is 12.4 Å². The quantitative estimate of drug-likeness (QED) is 0.495. The maximum Gasteiger partial charge on any atom is 0.193 e. The second-order valence-electron chi connectivity index (χ2n) is 6.65. The lowest BCUT2D eigenvalue weighted by atomic mass is 9.93. The first-order chi connectivity index (χ1) is 12.3. The van der Waals surface area contributed by atoms with Crippen molar-refractivity contribution >= 4 is 5.96 Å². The Labute approximate surface area is 149 Å². The average Bonchev–Trinajstić information content (AvgIpc) is 3.32. The molecule has 2 atom stereocenters. The van der Waals surface area contributed by atoms with Crippen molar-refractivity contribution in [1.29, 1.82) is 0 Å². The normalized spacial score (nSPS) is 21.5. The summed E-state index contributed by atoms with van der Waals surface area (Å²) in [4.78, 5) is 11.4. The molecule has 2 unspecified atom stereocenters. The van der Waals surface area contributed by atoms with Gasteiger partial charge in [0.25, 0.3) is 0 Å². The first-order valence-electron chi connectivity index (χ1n) is 9.26. The highest BCUT2D eigenvalue weighted by molar-refractivity contribution is 5.80. The van der Waals surface area contributed by atoms with E-state index in [1.165, 1.54) is 6.42 Å². The fourth-order valence-corrected chi connectivity index (χ4v) is 3.37. The standard InChI is InChI=1S/C18H29N7/c1-3-20-18(21-7-4-10-25-11-5-8-22-25)23-12-6-16(2)17(14-23)24-13-9-19-15-24/h5,8-9,11,13,15-17H,3-4,6-7,10,12,14H2,1-2H3,(H,20,21). The Balaban J connectivity index is 1.59. The summed E-state index contributed by atoms with van der Waals surface area (Å²) in [5, 5.41) is 7.69. The molecular weight excluding hydrogens is 314 g/mol. The van der Waals surface area contributed by atoms with Crippen LogP contribution in [0.1, 0.15) is 32.7 Å². The van der Waals surface area contributed by atoms with Crippen molar-refractivity contribution in [2.45, 2.75) is 39.3 Å². The first kappa shape index (κ1) is 17.5. The van der Waals surface area contributed by atoms with Crippen LogP contribution >= 0.6 is 0 Å². The number of guanidine groups is 1. The second kappa shape index (κ2) is 8.69. The lowest BCUT2D eigenvalue weighted by Crippen LogP contribution is -2.49. The number of aromatic nitrogens is 4. The van der Waals surface area contributed by atoms with Gasteiger partial charge in [0.2, 0.25) is 0 Å². The lowest BCUT2D eigenvalue weighted by Gasteiger charge is -2.39. The van der Waals surface area contributed by atoms with Gasteiger partial charge in [0.15, 0.2) is 5.96 Å². The van der Waals surface area contributed by atoms with E-state index in [1.807, 2.05) is 35.7 Å². The first-order valence-corrected chi connectivity index (χ1v) is 9.26. The van der Waals surface area contributed by atoms with Crippen molar-refractivity contribution in [1.82, 2.24) is 29.5 Å². The minimum Gasteiger partial charge on any atom is -0.357 e. The van der Waals surface area contributed by atoms with Gasteiger partial charge >= 0.3 is 0 Å². The van der Waals surface area contributed by atoms with E-state index < -0.39 is 0 Å². The summed E-state index contributed by atoms with van der Waals surface area (Å²) in [6.07, 6.45) is 11.8. The number of nitrogens with zero attached hydrogens (tertiary/aromatic N) is 6. The highest BCUT2D eigenvalue weighted by atomic mass is 15.3. The van der Waals surface area contributed by atoms with Crippen LogP contribution in [-0.2, 0) is 6.54 Å². The summed E-state index contributed by atoms with van der Waals surface area (Å²) >= 11 is 0. The van der Waals surface area contributed by atoms with Crippen LogP contribution in [0.25, 0.3) is 0 Å². The Morgan fingerprint density at radius 2 is 2.24 bits per heavy atom. The predicted molar refractivity (Wildman–Crippen MR) is 99.4 cm³/mol. The Kier molecular flexibility index (Phi) is 6.09. The van der Waals surface area contributed by atoms with Crippen molar-refractivity contribution < 1.29 is 0 Å². The van der Waals surface area contributed by atoms with Crippen LogP contribution in [0, 0.1) is 5.92 Å². The summed E-state index contributed by atoms with van der Waals surface area (Å²) in [7, 11) is 0.